The summed E-state index contributed by atoms with van der Waals surface area (Å²) in [5.41, 5.74) is -0.555. The van der Waals surface area contributed by atoms with Crippen LogP contribution in [0.15, 0.2) is 16.9 Å². The first-order valence-corrected chi connectivity index (χ1v) is 8.15. The van der Waals surface area contributed by atoms with Gasteiger partial charge in [-0.05, 0) is 43.0 Å². The van der Waals surface area contributed by atoms with E-state index in [9.17, 15) is 24.6 Å². The minimum absolute atomic E-state index is 0.0158. The number of nitrogens with one attached hydrogen (secondary N) is 1. The van der Waals surface area contributed by atoms with E-state index in [4.69, 9.17) is 0 Å². The molecule has 0 heterocycles. The van der Waals surface area contributed by atoms with Gasteiger partial charge in [0.05, 0.1) is 7.11 Å². The summed E-state index contributed by atoms with van der Waals surface area (Å²) in [7, 11) is 1.22. The van der Waals surface area contributed by atoms with Gasteiger partial charge in [0.2, 0.25) is 11.2 Å². The second-order valence-corrected chi connectivity index (χ2v) is 5.80. The maximum atomic E-state index is 12.4. The van der Waals surface area contributed by atoms with Gasteiger partial charge in [-0.15, -0.1) is 0 Å². The number of amides is 1. The van der Waals surface area contributed by atoms with Crippen molar-refractivity contribution in [3.8, 4) is 11.5 Å². The van der Waals surface area contributed by atoms with Crippen molar-refractivity contribution in [3.05, 3.63) is 33.5 Å². The van der Waals surface area contributed by atoms with Gasteiger partial charge in [-0.25, -0.2) is 4.79 Å². The van der Waals surface area contributed by atoms with Crippen LogP contribution in [0.1, 0.15) is 22.3 Å². The molecule has 0 spiro atoms. The molecule has 1 amide bonds. The van der Waals surface area contributed by atoms with Gasteiger partial charge >= 0.3 is 5.97 Å². The molecule has 0 saturated heterocycles. The summed E-state index contributed by atoms with van der Waals surface area (Å²) >= 11 is 1.52. The van der Waals surface area contributed by atoms with Crippen LogP contribution in [0.4, 0.5) is 0 Å². The van der Waals surface area contributed by atoms with Gasteiger partial charge in [0.1, 0.15) is 6.04 Å². The number of esters is 1. The van der Waals surface area contributed by atoms with Crippen LogP contribution >= 0.6 is 11.8 Å². The second kappa shape index (κ2) is 8.42. The van der Waals surface area contributed by atoms with E-state index in [1.54, 1.807) is 0 Å². The van der Waals surface area contributed by atoms with Crippen molar-refractivity contribution < 1.29 is 24.5 Å². The first-order chi connectivity index (χ1) is 10.8. The molecule has 1 aromatic rings. The third-order valence-corrected chi connectivity index (χ3v) is 3.82. The third-order valence-electron chi connectivity index (χ3n) is 3.18. The largest absolute Gasteiger partial charge is 0.504 e. The summed E-state index contributed by atoms with van der Waals surface area (Å²) < 4.78 is 4.65. The highest BCUT2D eigenvalue weighted by atomic mass is 32.2. The van der Waals surface area contributed by atoms with Crippen LogP contribution in [0.5, 0.6) is 11.5 Å². The maximum Gasteiger partial charge on any atom is 0.328 e. The van der Waals surface area contributed by atoms with E-state index in [-0.39, 0.29) is 11.1 Å². The van der Waals surface area contributed by atoms with Gasteiger partial charge in [0.25, 0.3) is 5.91 Å². The number of ether oxygens (including phenoxy) is 1. The van der Waals surface area contributed by atoms with Crippen molar-refractivity contribution in [2.24, 2.45) is 0 Å². The van der Waals surface area contributed by atoms with Crippen LogP contribution < -0.4 is 10.7 Å². The van der Waals surface area contributed by atoms with Crippen molar-refractivity contribution in [1.29, 1.82) is 0 Å². The molecule has 0 aliphatic carbocycles. The summed E-state index contributed by atoms with van der Waals surface area (Å²) in [5, 5.41) is 21.6. The van der Waals surface area contributed by atoms with E-state index >= 15 is 0 Å². The lowest BCUT2D eigenvalue weighted by Gasteiger charge is -2.16. The third kappa shape index (κ3) is 4.88. The van der Waals surface area contributed by atoms with Crippen molar-refractivity contribution in [1.82, 2.24) is 5.32 Å². The molecular formula is C15H19NO6S. The minimum Gasteiger partial charge on any atom is -0.504 e. The number of rotatable bonds is 6. The number of hydrogen-bond donors (Lipinski definition) is 3. The van der Waals surface area contributed by atoms with Crippen molar-refractivity contribution in [2.45, 2.75) is 19.4 Å². The standard InChI is InChI=1S/C15H19NO6S/c1-8-6-11(17)13(19)12(18)7-9(8)14(20)16-10(4-5-23-3)15(21)22-2/h6-7,10H,4-5H2,1-3H3,(H,16,20)(H2,17,18,19)/t10-/m0/s1. The van der Waals surface area contributed by atoms with Crippen LogP contribution in [-0.4, -0.2) is 47.2 Å². The molecule has 1 atom stereocenters. The number of hydrogen-bond acceptors (Lipinski definition) is 7. The number of carbonyl (C=O) groups is 2. The smallest absolute Gasteiger partial charge is 0.328 e. The Hall–Kier alpha value is -2.22. The molecule has 126 valence electrons. The first kappa shape index (κ1) is 18.8. The monoisotopic (exact) mass is 341 g/mol. The van der Waals surface area contributed by atoms with E-state index in [0.717, 1.165) is 12.1 Å². The number of carbonyl (C=O) groups excluding carboxylic acids is 2. The molecule has 23 heavy (non-hydrogen) atoms. The fraction of sp³-hybridized carbons (Fsp3) is 0.400. The quantitative estimate of drug-likeness (QED) is 0.656. The van der Waals surface area contributed by atoms with Crippen molar-refractivity contribution in [2.75, 3.05) is 19.1 Å². The number of methoxy groups -OCH3 is 1. The Morgan fingerprint density at radius 3 is 2.57 bits per heavy atom. The summed E-state index contributed by atoms with van der Waals surface area (Å²) in [4.78, 5) is 35.6. The van der Waals surface area contributed by atoms with Crippen molar-refractivity contribution in [3.63, 3.8) is 0 Å². The normalized spacial score (nSPS) is 11.6. The Morgan fingerprint density at radius 2 is 2.00 bits per heavy atom. The average Bonchev–Trinajstić information content (AvgIpc) is 2.62. The van der Waals surface area contributed by atoms with Gasteiger partial charge < -0.3 is 20.3 Å². The fourth-order valence-corrected chi connectivity index (χ4v) is 2.37. The lowest BCUT2D eigenvalue weighted by Crippen LogP contribution is -2.42. The molecule has 0 aliphatic rings. The number of aryl methyl sites for hydroxylation is 1. The second-order valence-electron chi connectivity index (χ2n) is 4.81. The highest BCUT2D eigenvalue weighted by Crippen LogP contribution is 2.21. The predicted octanol–water partition coefficient (Wildman–Crippen LogP) is 0.791. The van der Waals surface area contributed by atoms with Crippen LogP contribution in [-0.2, 0) is 9.53 Å². The predicted molar refractivity (Wildman–Crippen MR) is 87.0 cm³/mol. The molecule has 1 aromatic carbocycles. The topological polar surface area (TPSA) is 113 Å². The Labute approximate surface area is 137 Å². The van der Waals surface area contributed by atoms with E-state index in [2.05, 4.69) is 10.1 Å². The molecule has 0 bridgehead atoms. The van der Waals surface area contributed by atoms with Gasteiger partial charge in [0.15, 0.2) is 5.75 Å². The zero-order valence-corrected chi connectivity index (χ0v) is 13.9. The Morgan fingerprint density at radius 1 is 1.35 bits per heavy atom. The summed E-state index contributed by atoms with van der Waals surface area (Å²) in [5.74, 6) is -2.13. The molecule has 1 rings (SSSR count). The van der Waals surface area contributed by atoms with Crippen LogP contribution in [0.2, 0.25) is 0 Å². The maximum absolute atomic E-state index is 12.4. The van der Waals surface area contributed by atoms with Crippen molar-refractivity contribution >= 4 is 23.6 Å². The zero-order valence-electron chi connectivity index (χ0n) is 13.1. The fourth-order valence-electron chi connectivity index (χ4n) is 1.90. The highest BCUT2D eigenvalue weighted by molar-refractivity contribution is 7.98. The molecule has 8 heteroatoms. The Bertz CT molecular complexity index is 661. The lowest BCUT2D eigenvalue weighted by molar-refractivity contribution is -0.142. The highest BCUT2D eigenvalue weighted by Gasteiger charge is 2.23. The molecule has 0 aromatic heterocycles. The molecule has 3 N–H and O–H groups in total. The molecule has 0 aliphatic heterocycles. The molecule has 0 radical (unpaired) electrons. The Balaban J connectivity index is 3.14. The summed E-state index contributed by atoms with van der Waals surface area (Å²) in [6, 6.07) is 1.19. The molecular weight excluding hydrogens is 322 g/mol. The lowest BCUT2D eigenvalue weighted by atomic mass is 10.1. The molecule has 0 unspecified atom stereocenters. The van der Waals surface area contributed by atoms with Gasteiger partial charge in [-0.1, -0.05) is 0 Å². The number of thioether (sulfide) groups is 1. The van der Waals surface area contributed by atoms with E-state index in [0.29, 0.717) is 12.2 Å². The van der Waals surface area contributed by atoms with Gasteiger partial charge in [-0.2, -0.15) is 11.8 Å². The first-order valence-electron chi connectivity index (χ1n) is 6.76. The Kier molecular flexibility index (Phi) is 6.89. The zero-order chi connectivity index (χ0) is 17.6. The molecule has 7 nitrogen and oxygen atoms in total. The van der Waals surface area contributed by atoms with E-state index < -0.39 is 34.8 Å². The van der Waals surface area contributed by atoms with Crippen LogP contribution in [0, 0.1) is 6.92 Å². The molecule has 0 fully saturated rings. The van der Waals surface area contributed by atoms with Crippen LogP contribution in [0.25, 0.3) is 0 Å². The van der Waals surface area contributed by atoms with Gasteiger partial charge in [0, 0.05) is 5.56 Å². The summed E-state index contributed by atoms with van der Waals surface area (Å²) in [6.45, 7) is 1.49. The van der Waals surface area contributed by atoms with E-state index in [1.165, 1.54) is 25.8 Å². The van der Waals surface area contributed by atoms with Crippen LogP contribution in [0.3, 0.4) is 0 Å². The SMILES string of the molecule is COC(=O)[C@H](CCSC)NC(=O)c1cc(O)c(O)c(=O)cc1C. The van der Waals surface area contributed by atoms with E-state index in [1.807, 2.05) is 6.26 Å². The average molecular weight is 341 g/mol. The summed E-state index contributed by atoms with van der Waals surface area (Å²) in [6.07, 6.45) is 2.25. The molecule has 0 saturated carbocycles. The number of aromatic hydroxyl groups is 2. The minimum atomic E-state index is -0.840. The van der Waals surface area contributed by atoms with Gasteiger partial charge in [-0.3, -0.25) is 9.59 Å².